The average Bonchev–Trinajstić information content (AvgIpc) is 2.59. The third-order valence-electron chi connectivity index (χ3n) is 4.04. The molecule has 0 unspecified atom stereocenters. The summed E-state index contributed by atoms with van der Waals surface area (Å²) < 4.78 is 26.6. The normalized spacial score (nSPS) is 11.8. The van der Waals surface area contributed by atoms with Crippen molar-refractivity contribution in [1.29, 1.82) is 0 Å². The minimum absolute atomic E-state index is 0.133. The van der Waals surface area contributed by atoms with Gasteiger partial charge >= 0.3 is 0 Å². The van der Waals surface area contributed by atoms with Crippen LogP contribution in [0, 0.1) is 13.8 Å². The fourth-order valence-electron chi connectivity index (χ4n) is 2.85. The maximum absolute atomic E-state index is 13.2. The molecule has 142 valence electrons. The van der Waals surface area contributed by atoms with Crippen molar-refractivity contribution < 1.29 is 8.42 Å². The molecule has 0 amide bonds. The molecular formula is C19H21N3O3S2. The second-order valence-corrected chi connectivity index (χ2v) is 9.25. The van der Waals surface area contributed by atoms with E-state index in [0.29, 0.717) is 21.8 Å². The standard InChI is InChI=1S/C19H21N3O3S2/c1-13-8-9-17(14(2)12-13)22-18(23)15-6-4-5-7-16(15)21-19(22)26-11-10-20-27(3,24)25/h4-9,12,20H,10-11H2,1-3H3. The minimum atomic E-state index is -3.25. The van der Waals surface area contributed by atoms with Gasteiger partial charge in [0, 0.05) is 12.3 Å². The second-order valence-electron chi connectivity index (χ2n) is 6.36. The van der Waals surface area contributed by atoms with Gasteiger partial charge in [0.25, 0.3) is 5.56 Å². The van der Waals surface area contributed by atoms with Crippen LogP contribution in [0.5, 0.6) is 0 Å². The Morgan fingerprint density at radius 1 is 1.15 bits per heavy atom. The summed E-state index contributed by atoms with van der Waals surface area (Å²) in [6, 6.07) is 13.1. The Morgan fingerprint density at radius 3 is 2.59 bits per heavy atom. The van der Waals surface area contributed by atoms with Crippen LogP contribution in [0.15, 0.2) is 52.4 Å². The number of aryl methyl sites for hydroxylation is 2. The molecule has 0 saturated carbocycles. The highest BCUT2D eigenvalue weighted by atomic mass is 32.2. The summed E-state index contributed by atoms with van der Waals surface area (Å²) in [6.07, 6.45) is 1.12. The largest absolute Gasteiger partial charge is 0.268 e. The molecule has 0 saturated heterocycles. The first-order chi connectivity index (χ1) is 12.8. The van der Waals surface area contributed by atoms with Gasteiger partial charge < -0.3 is 0 Å². The van der Waals surface area contributed by atoms with Crippen LogP contribution < -0.4 is 10.3 Å². The SMILES string of the molecule is Cc1ccc(-n2c(SCCNS(C)(=O)=O)nc3ccccc3c2=O)c(C)c1. The maximum atomic E-state index is 13.2. The van der Waals surface area contributed by atoms with E-state index in [1.54, 1.807) is 10.6 Å². The van der Waals surface area contributed by atoms with Crippen molar-refractivity contribution in [3.8, 4) is 5.69 Å². The van der Waals surface area contributed by atoms with E-state index in [2.05, 4.69) is 9.71 Å². The van der Waals surface area contributed by atoms with Crippen LogP contribution in [0.25, 0.3) is 16.6 Å². The molecular weight excluding hydrogens is 382 g/mol. The Bertz CT molecular complexity index is 1150. The Hall–Kier alpha value is -2.16. The van der Waals surface area contributed by atoms with E-state index >= 15 is 0 Å². The van der Waals surface area contributed by atoms with Crippen molar-refractivity contribution in [2.75, 3.05) is 18.6 Å². The summed E-state index contributed by atoms with van der Waals surface area (Å²) in [5, 5.41) is 1.09. The van der Waals surface area contributed by atoms with E-state index in [-0.39, 0.29) is 12.1 Å². The number of fused-ring (bicyclic) bond motifs is 1. The van der Waals surface area contributed by atoms with Crippen molar-refractivity contribution in [3.63, 3.8) is 0 Å². The first kappa shape index (κ1) is 19.6. The van der Waals surface area contributed by atoms with Gasteiger partial charge in [-0.15, -0.1) is 0 Å². The summed E-state index contributed by atoms with van der Waals surface area (Å²) in [5.41, 5.74) is 3.37. The summed E-state index contributed by atoms with van der Waals surface area (Å²) in [7, 11) is -3.25. The fourth-order valence-corrected chi connectivity index (χ4v) is 4.31. The highest BCUT2D eigenvalue weighted by Gasteiger charge is 2.15. The number of aromatic nitrogens is 2. The van der Waals surface area contributed by atoms with Gasteiger partial charge in [-0.1, -0.05) is 41.6 Å². The lowest BCUT2D eigenvalue weighted by Gasteiger charge is -2.15. The lowest BCUT2D eigenvalue weighted by Crippen LogP contribution is -2.25. The van der Waals surface area contributed by atoms with Crippen molar-refractivity contribution in [2.24, 2.45) is 0 Å². The first-order valence-electron chi connectivity index (χ1n) is 8.43. The molecule has 0 fully saturated rings. The first-order valence-corrected chi connectivity index (χ1v) is 11.3. The van der Waals surface area contributed by atoms with Crippen molar-refractivity contribution in [2.45, 2.75) is 19.0 Å². The molecule has 27 heavy (non-hydrogen) atoms. The highest BCUT2D eigenvalue weighted by Crippen LogP contribution is 2.23. The van der Waals surface area contributed by atoms with Crippen LogP contribution >= 0.6 is 11.8 Å². The summed E-state index contributed by atoms with van der Waals surface area (Å²) in [6.45, 7) is 4.23. The van der Waals surface area contributed by atoms with E-state index < -0.39 is 10.0 Å². The lowest BCUT2D eigenvalue weighted by atomic mass is 10.1. The third kappa shape index (κ3) is 4.58. The Labute approximate surface area is 162 Å². The van der Waals surface area contributed by atoms with Crippen molar-refractivity contribution in [1.82, 2.24) is 14.3 Å². The molecule has 3 rings (SSSR count). The predicted octanol–water partition coefficient (Wildman–Crippen LogP) is 2.64. The average molecular weight is 404 g/mol. The fraction of sp³-hybridized carbons (Fsp3) is 0.263. The van der Waals surface area contributed by atoms with Gasteiger partial charge in [0.05, 0.1) is 22.8 Å². The van der Waals surface area contributed by atoms with E-state index in [1.165, 1.54) is 11.8 Å². The molecule has 2 aromatic carbocycles. The number of para-hydroxylation sites is 1. The topological polar surface area (TPSA) is 81.1 Å². The lowest BCUT2D eigenvalue weighted by molar-refractivity contribution is 0.590. The zero-order valence-corrected chi connectivity index (χ0v) is 17.0. The number of nitrogens with zero attached hydrogens (tertiary/aromatic N) is 2. The molecule has 6 nitrogen and oxygen atoms in total. The van der Waals surface area contributed by atoms with Gasteiger partial charge in [0.1, 0.15) is 0 Å². The summed E-state index contributed by atoms with van der Waals surface area (Å²) in [4.78, 5) is 17.8. The van der Waals surface area contributed by atoms with Crippen LogP contribution in [0.3, 0.4) is 0 Å². The zero-order chi connectivity index (χ0) is 19.6. The molecule has 0 atom stereocenters. The molecule has 0 bridgehead atoms. The van der Waals surface area contributed by atoms with Crippen LogP contribution in [0.2, 0.25) is 0 Å². The third-order valence-corrected chi connectivity index (χ3v) is 5.70. The van der Waals surface area contributed by atoms with Gasteiger partial charge in [0.2, 0.25) is 10.0 Å². The number of rotatable bonds is 6. The van der Waals surface area contributed by atoms with E-state index in [4.69, 9.17) is 0 Å². The van der Waals surface area contributed by atoms with E-state index in [9.17, 15) is 13.2 Å². The molecule has 0 aliphatic heterocycles. The van der Waals surface area contributed by atoms with Crippen molar-refractivity contribution >= 4 is 32.7 Å². The number of sulfonamides is 1. The smallest absolute Gasteiger partial charge is 0.266 e. The summed E-state index contributed by atoms with van der Waals surface area (Å²) in [5.74, 6) is 0.461. The molecule has 8 heteroatoms. The van der Waals surface area contributed by atoms with E-state index in [1.807, 2.05) is 50.2 Å². The Balaban J connectivity index is 2.08. The highest BCUT2D eigenvalue weighted by molar-refractivity contribution is 7.99. The van der Waals surface area contributed by atoms with Gasteiger partial charge in [-0.3, -0.25) is 9.36 Å². The zero-order valence-electron chi connectivity index (χ0n) is 15.4. The van der Waals surface area contributed by atoms with Gasteiger partial charge in [-0.2, -0.15) is 0 Å². The van der Waals surface area contributed by atoms with Gasteiger partial charge in [0.15, 0.2) is 5.16 Å². The molecule has 0 radical (unpaired) electrons. The van der Waals surface area contributed by atoms with Crippen LogP contribution in [0.4, 0.5) is 0 Å². The predicted molar refractivity (Wildman–Crippen MR) is 110 cm³/mol. The molecule has 3 aromatic rings. The number of hydrogen-bond donors (Lipinski definition) is 1. The molecule has 1 heterocycles. The quantitative estimate of drug-likeness (QED) is 0.389. The second kappa shape index (κ2) is 7.84. The minimum Gasteiger partial charge on any atom is -0.268 e. The van der Waals surface area contributed by atoms with Crippen LogP contribution in [-0.4, -0.2) is 36.5 Å². The Morgan fingerprint density at radius 2 is 1.89 bits per heavy atom. The van der Waals surface area contributed by atoms with Gasteiger partial charge in [-0.05, 0) is 37.6 Å². The van der Waals surface area contributed by atoms with Gasteiger partial charge in [-0.25, -0.2) is 18.1 Å². The molecule has 0 spiro atoms. The van der Waals surface area contributed by atoms with E-state index in [0.717, 1.165) is 23.1 Å². The van der Waals surface area contributed by atoms with Crippen molar-refractivity contribution in [3.05, 3.63) is 63.9 Å². The molecule has 1 aromatic heterocycles. The number of thioether (sulfide) groups is 1. The number of nitrogens with one attached hydrogen (secondary N) is 1. The van der Waals surface area contributed by atoms with Crippen LogP contribution in [0.1, 0.15) is 11.1 Å². The molecule has 0 aliphatic carbocycles. The maximum Gasteiger partial charge on any atom is 0.266 e. The number of benzene rings is 2. The molecule has 1 N–H and O–H groups in total. The Kier molecular flexibility index (Phi) is 5.69. The van der Waals surface area contributed by atoms with Crippen LogP contribution in [-0.2, 0) is 10.0 Å². The molecule has 0 aliphatic rings. The monoisotopic (exact) mass is 403 g/mol. The summed E-state index contributed by atoms with van der Waals surface area (Å²) >= 11 is 1.35. The number of hydrogen-bond acceptors (Lipinski definition) is 5.